The SMILES string of the molecule is Cc1nnc(CN2CCC(=O)C(C)C2)n1C. The van der Waals surface area contributed by atoms with Crippen LogP contribution in [0.15, 0.2) is 0 Å². The molecule has 0 spiro atoms. The second-order valence-electron chi connectivity index (χ2n) is 4.57. The van der Waals surface area contributed by atoms with Crippen molar-refractivity contribution in [3.63, 3.8) is 0 Å². The lowest BCUT2D eigenvalue weighted by atomic mass is 9.99. The van der Waals surface area contributed by atoms with Crippen molar-refractivity contribution in [1.82, 2.24) is 19.7 Å². The van der Waals surface area contributed by atoms with Crippen LogP contribution in [0.2, 0.25) is 0 Å². The van der Waals surface area contributed by atoms with Gasteiger partial charge in [0.2, 0.25) is 0 Å². The molecule has 1 aromatic heterocycles. The number of likely N-dealkylation sites (tertiary alicyclic amines) is 1. The van der Waals surface area contributed by atoms with Crippen molar-refractivity contribution in [3.05, 3.63) is 11.6 Å². The number of Topliss-reactive ketones (excluding diaryl/α,β-unsaturated/α-hetero) is 1. The largest absolute Gasteiger partial charge is 0.317 e. The Kier molecular flexibility index (Phi) is 3.05. The van der Waals surface area contributed by atoms with Gasteiger partial charge < -0.3 is 4.57 Å². The van der Waals surface area contributed by atoms with Crippen LogP contribution in [0.4, 0.5) is 0 Å². The zero-order chi connectivity index (χ0) is 11.7. The van der Waals surface area contributed by atoms with E-state index in [1.54, 1.807) is 0 Å². The van der Waals surface area contributed by atoms with Crippen LogP contribution < -0.4 is 0 Å². The third-order valence-corrected chi connectivity index (χ3v) is 3.30. The monoisotopic (exact) mass is 222 g/mol. The quantitative estimate of drug-likeness (QED) is 0.732. The molecule has 0 saturated carbocycles. The first-order chi connectivity index (χ1) is 7.58. The third kappa shape index (κ3) is 2.14. The van der Waals surface area contributed by atoms with Gasteiger partial charge in [-0.2, -0.15) is 0 Å². The molecule has 16 heavy (non-hydrogen) atoms. The molecule has 0 aromatic carbocycles. The van der Waals surface area contributed by atoms with Gasteiger partial charge in [-0.25, -0.2) is 0 Å². The number of nitrogens with zero attached hydrogens (tertiary/aromatic N) is 4. The minimum Gasteiger partial charge on any atom is -0.317 e. The van der Waals surface area contributed by atoms with Crippen molar-refractivity contribution < 1.29 is 4.79 Å². The summed E-state index contributed by atoms with van der Waals surface area (Å²) in [5.74, 6) is 2.43. The number of piperidine rings is 1. The predicted octanol–water partition coefficient (Wildman–Crippen LogP) is 0.534. The fraction of sp³-hybridized carbons (Fsp3) is 0.727. The van der Waals surface area contributed by atoms with E-state index in [0.29, 0.717) is 12.2 Å². The molecular weight excluding hydrogens is 204 g/mol. The number of carbonyl (C=O) groups is 1. The Labute approximate surface area is 95.5 Å². The van der Waals surface area contributed by atoms with Crippen LogP contribution in [0.5, 0.6) is 0 Å². The Hall–Kier alpha value is -1.23. The first kappa shape index (κ1) is 11.3. The fourth-order valence-electron chi connectivity index (χ4n) is 2.03. The molecule has 0 amide bonds. The molecule has 0 aliphatic carbocycles. The smallest absolute Gasteiger partial charge is 0.146 e. The first-order valence-electron chi connectivity index (χ1n) is 5.68. The lowest BCUT2D eigenvalue weighted by Gasteiger charge is -2.29. The molecule has 1 aromatic rings. The van der Waals surface area contributed by atoms with Crippen molar-refractivity contribution in [2.75, 3.05) is 13.1 Å². The number of hydrogen-bond acceptors (Lipinski definition) is 4. The minimum absolute atomic E-state index is 0.156. The molecule has 2 heterocycles. The van der Waals surface area contributed by atoms with Gasteiger partial charge in [-0.1, -0.05) is 6.92 Å². The first-order valence-corrected chi connectivity index (χ1v) is 5.68. The van der Waals surface area contributed by atoms with Crippen LogP contribution in [0.25, 0.3) is 0 Å². The summed E-state index contributed by atoms with van der Waals surface area (Å²) < 4.78 is 2.00. The van der Waals surface area contributed by atoms with Crippen LogP contribution in [-0.2, 0) is 18.4 Å². The maximum Gasteiger partial charge on any atom is 0.146 e. The van der Waals surface area contributed by atoms with Crippen molar-refractivity contribution in [3.8, 4) is 0 Å². The van der Waals surface area contributed by atoms with Gasteiger partial charge in [0, 0.05) is 32.5 Å². The maximum atomic E-state index is 11.4. The predicted molar refractivity (Wildman–Crippen MR) is 59.8 cm³/mol. The molecule has 1 aliphatic rings. The van der Waals surface area contributed by atoms with E-state index in [-0.39, 0.29) is 5.92 Å². The number of hydrogen-bond donors (Lipinski definition) is 0. The van der Waals surface area contributed by atoms with E-state index in [2.05, 4.69) is 15.1 Å². The Balaban J connectivity index is 2.00. The molecule has 1 aliphatic heterocycles. The molecular formula is C11H18N4O. The summed E-state index contributed by atoms with van der Waals surface area (Å²) in [5, 5.41) is 8.17. The molecule has 0 bridgehead atoms. The number of aromatic nitrogens is 3. The lowest BCUT2D eigenvalue weighted by Crippen LogP contribution is -2.39. The summed E-state index contributed by atoms with van der Waals surface area (Å²) in [6, 6.07) is 0. The van der Waals surface area contributed by atoms with Gasteiger partial charge in [0.25, 0.3) is 0 Å². The van der Waals surface area contributed by atoms with Gasteiger partial charge >= 0.3 is 0 Å². The number of ketones is 1. The zero-order valence-corrected chi connectivity index (χ0v) is 10.1. The van der Waals surface area contributed by atoms with E-state index >= 15 is 0 Å². The number of rotatable bonds is 2. The lowest BCUT2D eigenvalue weighted by molar-refractivity contribution is -0.125. The Morgan fingerprint density at radius 2 is 2.19 bits per heavy atom. The van der Waals surface area contributed by atoms with Crippen LogP contribution in [-0.4, -0.2) is 38.5 Å². The zero-order valence-electron chi connectivity index (χ0n) is 10.1. The van der Waals surface area contributed by atoms with Gasteiger partial charge in [0.05, 0.1) is 6.54 Å². The van der Waals surface area contributed by atoms with Crippen LogP contribution >= 0.6 is 0 Å². The molecule has 5 heteroatoms. The van der Waals surface area contributed by atoms with Crippen LogP contribution in [0.1, 0.15) is 25.0 Å². The summed E-state index contributed by atoms with van der Waals surface area (Å²) >= 11 is 0. The van der Waals surface area contributed by atoms with E-state index in [0.717, 1.165) is 31.3 Å². The van der Waals surface area contributed by atoms with Crippen LogP contribution in [0, 0.1) is 12.8 Å². The molecule has 0 radical (unpaired) electrons. The topological polar surface area (TPSA) is 51.0 Å². The van der Waals surface area contributed by atoms with Crippen LogP contribution in [0.3, 0.4) is 0 Å². The molecule has 1 atom stereocenters. The van der Waals surface area contributed by atoms with E-state index in [1.807, 2.05) is 25.5 Å². The average molecular weight is 222 g/mol. The van der Waals surface area contributed by atoms with Gasteiger partial charge in [-0.15, -0.1) is 10.2 Å². The molecule has 1 fully saturated rings. The normalized spacial score (nSPS) is 22.7. The van der Waals surface area contributed by atoms with E-state index in [9.17, 15) is 4.79 Å². The van der Waals surface area contributed by atoms with E-state index < -0.39 is 0 Å². The second-order valence-corrected chi connectivity index (χ2v) is 4.57. The standard InChI is InChI=1S/C11H18N4O/c1-8-6-15(5-4-10(8)16)7-11-13-12-9(2)14(11)3/h8H,4-7H2,1-3H3. The fourth-order valence-corrected chi connectivity index (χ4v) is 2.03. The summed E-state index contributed by atoms with van der Waals surface area (Å²) in [7, 11) is 1.98. The van der Waals surface area contributed by atoms with Gasteiger partial charge in [0.15, 0.2) is 0 Å². The second kappa shape index (κ2) is 4.33. The number of aryl methyl sites for hydroxylation is 1. The van der Waals surface area contributed by atoms with Crippen molar-refractivity contribution >= 4 is 5.78 Å². The summed E-state index contributed by atoms with van der Waals surface area (Å²) in [4.78, 5) is 13.7. The molecule has 1 unspecified atom stereocenters. The molecule has 2 rings (SSSR count). The molecule has 0 N–H and O–H groups in total. The molecule has 5 nitrogen and oxygen atoms in total. The Morgan fingerprint density at radius 1 is 1.44 bits per heavy atom. The maximum absolute atomic E-state index is 11.4. The van der Waals surface area contributed by atoms with Gasteiger partial charge in [-0.05, 0) is 6.92 Å². The Morgan fingerprint density at radius 3 is 2.75 bits per heavy atom. The van der Waals surface area contributed by atoms with Crippen molar-refractivity contribution in [2.24, 2.45) is 13.0 Å². The molecule has 1 saturated heterocycles. The highest BCUT2D eigenvalue weighted by Gasteiger charge is 2.24. The highest BCUT2D eigenvalue weighted by Crippen LogP contribution is 2.14. The van der Waals surface area contributed by atoms with E-state index in [1.165, 1.54) is 0 Å². The third-order valence-electron chi connectivity index (χ3n) is 3.30. The minimum atomic E-state index is 0.156. The van der Waals surface area contributed by atoms with Gasteiger partial charge in [0.1, 0.15) is 17.4 Å². The molecule has 88 valence electrons. The summed E-state index contributed by atoms with van der Waals surface area (Å²) in [6.45, 7) is 6.41. The number of carbonyl (C=O) groups excluding carboxylic acids is 1. The summed E-state index contributed by atoms with van der Waals surface area (Å²) in [5.41, 5.74) is 0. The highest BCUT2D eigenvalue weighted by atomic mass is 16.1. The summed E-state index contributed by atoms with van der Waals surface area (Å²) in [6.07, 6.45) is 0.665. The Bertz CT molecular complexity index is 399. The van der Waals surface area contributed by atoms with Crippen molar-refractivity contribution in [2.45, 2.75) is 26.8 Å². The van der Waals surface area contributed by atoms with Gasteiger partial charge in [-0.3, -0.25) is 9.69 Å². The van der Waals surface area contributed by atoms with E-state index in [4.69, 9.17) is 0 Å². The van der Waals surface area contributed by atoms with Crippen molar-refractivity contribution in [1.29, 1.82) is 0 Å². The average Bonchev–Trinajstić information content (AvgIpc) is 2.55. The highest BCUT2D eigenvalue weighted by molar-refractivity contribution is 5.81.